The van der Waals surface area contributed by atoms with Crippen molar-refractivity contribution < 1.29 is 14.6 Å². The number of hydrogen-bond acceptors (Lipinski definition) is 4. The van der Waals surface area contributed by atoms with E-state index in [4.69, 9.17) is 21.3 Å². The topological polar surface area (TPSA) is 77.4 Å². The number of rotatable bonds is 6. The van der Waals surface area contributed by atoms with Gasteiger partial charge in [0.25, 0.3) is 0 Å². The molecule has 1 saturated heterocycles. The molecule has 1 aliphatic rings. The summed E-state index contributed by atoms with van der Waals surface area (Å²) in [6.07, 6.45) is 0. The molecule has 34 heavy (non-hydrogen) atoms. The van der Waals surface area contributed by atoms with E-state index in [0.29, 0.717) is 6.54 Å². The Kier molecular flexibility index (Phi) is 7.54. The zero-order valence-corrected chi connectivity index (χ0v) is 19.7. The van der Waals surface area contributed by atoms with Crippen LogP contribution in [0.2, 0.25) is 5.02 Å². The van der Waals surface area contributed by atoms with E-state index in [1.165, 1.54) is 0 Å². The van der Waals surface area contributed by atoms with Gasteiger partial charge in [-0.05, 0) is 66.2 Å². The van der Waals surface area contributed by atoms with Gasteiger partial charge in [0.15, 0.2) is 5.96 Å². The van der Waals surface area contributed by atoms with Crippen LogP contribution in [0.5, 0.6) is 5.75 Å². The maximum absolute atomic E-state index is 11.2. The van der Waals surface area contributed by atoms with Gasteiger partial charge in [-0.3, -0.25) is 0 Å². The summed E-state index contributed by atoms with van der Waals surface area (Å²) in [6.45, 7) is 3.77. The molecule has 3 aromatic carbocycles. The summed E-state index contributed by atoms with van der Waals surface area (Å²) in [5.74, 6) is 0.599. The van der Waals surface area contributed by atoms with E-state index in [9.17, 15) is 9.90 Å². The van der Waals surface area contributed by atoms with Crippen LogP contribution in [0.15, 0.2) is 77.8 Å². The quantitative estimate of drug-likeness (QED) is 0.390. The Morgan fingerprint density at radius 2 is 1.74 bits per heavy atom. The number of hydrogen-bond donors (Lipinski definition) is 2. The number of halogens is 1. The van der Waals surface area contributed by atoms with Gasteiger partial charge in [-0.15, -0.1) is 0 Å². The Hall–Kier alpha value is -3.71. The molecule has 1 aliphatic heterocycles. The fourth-order valence-electron chi connectivity index (χ4n) is 3.81. The number of methoxy groups -OCH3 is 1. The van der Waals surface area contributed by atoms with Gasteiger partial charge < -0.3 is 25.0 Å². The molecule has 0 unspecified atom stereocenters. The highest BCUT2D eigenvalue weighted by atomic mass is 35.5. The predicted octanol–water partition coefficient (Wildman–Crippen LogP) is 4.84. The number of nitrogens with one attached hydrogen (secondary N) is 1. The van der Waals surface area contributed by atoms with Crippen molar-refractivity contribution in [3.8, 4) is 5.75 Å². The van der Waals surface area contributed by atoms with Gasteiger partial charge in [-0.2, -0.15) is 0 Å². The number of piperazine rings is 1. The van der Waals surface area contributed by atoms with Crippen molar-refractivity contribution in [2.75, 3.05) is 43.5 Å². The molecule has 0 amide bonds. The molecule has 3 aromatic rings. The minimum atomic E-state index is -0.947. The Morgan fingerprint density at radius 1 is 1.03 bits per heavy atom. The first-order valence-corrected chi connectivity index (χ1v) is 11.4. The van der Waals surface area contributed by atoms with Gasteiger partial charge in [0.05, 0.1) is 19.2 Å². The maximum Gasteiger partial charge on any atom is 0.335 e. The lowest BCUT2D eigenvalue weighted by atomic mass is 10.2. The summed E-state index contributed by atoms with van der Waals surface area (Å²) in [5, 5.41) is 13.3. The lowest BCUT2D eigenvalue weighted by Crippen LogP contribution is -2.50. The molecule has 2 N–H and O–H groups in total. The van der Waals surface area contributed by atoms with Crippen LogP contribution in [0.3, 0.4) is 0 Å². The van der Waals surface area contributed by atoms with Gasteiger partial charge in [0.1, 0.15) is 5.75 Å². The van der Waals surface area contributed by atoms with Crippen LogP contribution in [0.25, 0.3) is 0 Å². The molecule has 0 radical (unpaired) electrons. The Balaban J connectivity index is 1.50. The number of carbonyl (C=O) groups is 1. The standard InChI is InChI=1S/C26H27ClN4O3/c1-34-24-4-2-3-19(17-24)18-28-26(29-22-9-5-20(6-10-22)25(32)33)31-15-13-30(14-16-31)23-11-7-21(27)8-12-23/h2-12,17H,13-16,18H2,1H3,(H,28,29)(H,32,33). The number of anilines is 2. The fourth-order valence-corrected chi connectivity index (χ4v) is 3.94. The van der Waals surface area contributed by atoms with E-state index < -0.39 is 5.97 Å². The molecule has 0 atom stereocenters. The van der Waals surface area contributed by atoms with Gasteiger partial charge >= 0.3 is 5.97 Å². The van der Waals surface area contributed by atoms with Crippen molar-refractivity contribution in [1.82, 2.24) is 4.90 Å². The van der Waals surface area contributed by atoms with E-state index in [1.807, 2.05) is 48.5 Å². The number of ether oxygens (including phenoxy) is 1. The molecule has 0 bridgehead atoms. The minimum absolute atomic E-state index is 0.247. The van der Waals surface area contributed by atoms with E-state index in [0.717, 1.165) is 59.8 Å². The Morgan fingerprint density at radius 3 is 2.38 bits per heavy atom. The third-order valence-electron chi connectivity index (χ3n) is 5.70. The Labute approximate surface area is 204 Å². The van der Waals surface area contributed by atoms with Gasteiger partial charge in [0.2, 0.25) is 0 Å². The molecule has 4 rings (SSSR count). The Bertz CT molecular complexity index is 1140. The number of benzene rings is 3. The average Bonchev–Trinajstić information content (AvgIpc) is 2.87. The minimum Gasteiger partial charge on any atom is -0.497 e. The van der Waals surface area contributed by atoms with Crippen LogP contribution in [0.1, 0.15) is 15.9 Å². The smallest absolute Gasteiger partial charge is 0.335 e. The highest BCUT2D eigenvalue weighted by molar-refractivity contribution is 6.30. The van der Waals surface area contributed by atoms with Crippen molar-refractivity contribution in [3.05, 3.63) is 88.9 Å². The summed E-state index contributed by atoms with van der Waals surface area (Å²) in [4.78, 5) is 20.6. The largest absolute Gasteiger partial charge is 0.497 e. The van der Waals surface area contributed by atoms with Crippen LogP contribution < -0.4 is 15.0 Å². The lowest BCUT2D eigenvalue weighted by Gasteiger charge is -2.37. The van der Waals surface area contributed by atoms with E-state index in [1.54, 1.807) is 31.4 Å². The van der Waals surface area contributed by atoms with E-state index in [-0.39, 0.29) is 5.56 Å². The van der Waals surface area contributed by atoms with Crippen LogP contribution in [-0.4, -0.2) is 55.2 Å². The number of aliphatic imine (C=N–C) groups is 1. The molecule has 0 aliphatic carbocycles. The van der Waals surface area contributed by atoms with Gasteiger partial charge in [-0.1, -0.05) is 23.7 Å². The van der Waals surface area contributed by atoms with E-state index in [2.05, 4.69) is 15.1 Å². The van der Waals surface area contributed by atoms with Crippen LogP contribution >= 0.6 is 11.6 Å². The highest BCUT2D eigenvalue weighted by Crippen LogP contribution is 2.20. The maximum atomic E-state index is 11.2. The first kappa shape index (κ1) is 23.4. The monoisotopic (exact) mass is 478 g/mol. The average molecular weight is 479 g/mol. The normalized spacial score (nSPS) is 14.1. The van der Waals surface area contributed by atoms with Crippen molar-refractivity contribution >= 4 is 34.9 Å². The summed E-state index contributed by atoms with van der Waals surface area (Å²) in [6, 6.07) is 22.4. The number of guanidine groups is 1. The lowest BCUT2D eigenvalue weighted by molar-refractivity contribution is 0.0697. The molecular weight excluding hydrogens is 452 g/mol. The second kappa shape index (κ2) is 10.9. The van der Waals surface area contributed by atoms with Crippen LogP contribution in [0.4, 0.5) is 11.4 Å². The summed E-state index contributed by atoms with van der Waals surface area (Å²) in [5.41, 5.74) is 3.22. The molecular formula is C26H27ClN4O3. The number of aromatic carboxylic acids is 1. The fraction of sp³-hybridized carbons (Fsp3) is 0.231. The zero-order valence-electron chi connectivity index (χ0n) is 18.9. The molecule has 0 spiro atoms. The third-order valence-corrected chi connectivity index (χ3v) is 5.96. The molecule has 1 fully saturated rings. The van der Waals surface area contributed by atoms with Gasteiger partial charge in [0, 0.05) is 42.6 Å². The zero-order chi connectivity index (χ0) is 23.9. The van der Waals surface area contributed by atoms with Crippen LogP contribution in [-0.2, 0) is 6.54 Å². The van der Waals surface area contributed by atoms with Crippen molar-refractivity contribution in [3.63, 3.8) is 0 Å². The van der Waals surface area contributed by atoms with E-state index >= 15 is 0 Å². The first-order chi connectivity index (χ1) is 16.5. The van der Waals surface area contributed by atoms with Crippen LogP contribution in [0, 0.1) is 0 Å². The van der Waals surface area contributed by atoms with Crippen molar-refractivity contribution in [2.45, 2.75) is 6.54 Å². The second-order valence-corrected chi connectivity index (χ2v) is 8.39. The number of carboxylic acids is 1. The summed E-state index contributed by atoms with van der Waals surface area (Å²) >= 11 is 6.03. The second-order valence-electron chi connectivity index (χ2n) is 7.95. The molecule has 1 heterocycles. The van der Waals surface area contributed by atoms with Gasteiger partial charge in [-0.25, -0.2) is 9.79 Å². The number of nitrogens with zero attached hydrogens (tertiary/aromatic N) is 3. The predicted molar refractivity (Wildman–Crippen MR) is 136 cm³/mol. The first-order valence-electron chi connectivity index (χ1n) is 11.0. The highest BCUT2D eigenvalue weighted by Gasteiger charge is 2.20. The SMILES string of the molecule is COc1cccc(CN=C(Nc2ccc(C(=O)O)cc2)N2CCN(c3ccc(Cl)cc3)CC2)c1. The number of carboxylic acid groups (broad SMARTS) is 1. The van der Waals surface area contributed by atoms with Crippen molar-refractivity contribution in [1.29, 1.82) is 0 Å². The molecule has 0 aromatic heterocycles. The van der Waals surface area contributed by atoms with Crippen molar-refractivity contribution in [2.24, 2.45) is 4.99 Å². The molecule has 0 saturated carbocycles. The summed E-state index contributed by atoms with van der Waals surface area (Å²) < 4.78 is 5.33. The summed E-state index contributed by atoms with van der Waals surface area (Å²) in [7, 11) is 1.65. The molecule has 8 heteroatoms. The third kappa shape index (κ3) is 5.99. The molecule has 7 nitrogen and oxygen atoms in total. The molecule has 176 valence electrons.